The number of aryl methyl sites for hydroxylation is 2. The van der Waals surface area contributed by atoms with E-state index < -0.39 is 5.97 Å². The van der Waals surface area contributed by atoms with E-state index in [1.807, 2.05) is 13.0 Å². The van der Waals surface area contributed by atoms with Crippen molar-refractivity contribution in [3.05, 3.63) is 74.1 Å². The molecule has 0 fully saturated rings. The summed E-state index contributed by atoms with van der Waals surface area (Å²) >= 11 is 1.33. The number of para-hydroxylation sites is 1. The zero-order chi connectivity index (χ0) is 19.7. The lowest BCUT2D eigenvalue weighted by atomic mass is 10.1. The van der Waals surface area contributed by atoms with Crippen LogP contribution in [0.1, 0.15) is 17.7 Å². The Morgan fingerprint density at radius 3 is 3.00 bits per heavy atom. The molecule has 0 atom stereocenters. The number of nitrogens with zero attached hydrogens (tertiary/aromatic N) is 4. The smallest absolute Gasteiger partial charge is 0.307 e. The van der Waals surface area contributed by atoms with Crippen LogP contribution in [-0.4, -0.2) is 24.9 Å². The Balaban J connectivity index is 1.42. The molecule has 0 unspecified atom stereocenters. The molecule has 4 rings (SSSR count). The number of thiazole rings is 1. The molecule has 0 N–H and O–H groups in total. The summed E-state index contributed by atoms with van der Waals surface area (Å²) in [7, 11) is 0. The van der Waals surface area contributed by atoms with Crippen LogP contribution in [0.5, 0.6) is 0 Å². The molecule has 0 aliphatic carbocycles. The number of carbonyl (C=O) groups excluding carboxylic acids is 1. The van der Waals surface area contributed by atoms with Crippen LogP contribution >= 0.6 is 11.3 Å². The Labute approximate surface area is 162 Å². The van der Waals surface area contributed by atoms with Crippen molar-refractivity contribution in [3.8, 4) is 0 Å². The third kappa shape index (κ3) is 3.44. The van der Waals surface area contributed by atoms with Gasteiger partial charge in [0.25, 0.3) is 11.1 Å². The van der Waals surface area contributed by atoms with Gasteiger partial charge in [-0.1, -0.05) is 12.1 Å². The Bertz CT molecular complexity index is 1300. The molecule has 142 valence electrons. The van der Waals surface area contributed by atoms with E-state index in [2.05, 4.69) is 9.97 Å². The summed E-state index contributed by atoms with van der Waals surface area (Å²) in [5, 5.41) is 2.28. The molecule has 0 aliphatic heterocycles. The van der Waals surface area contributed by atoms with Gasteiger partial charge in [-0.3, -0.25) is 23.4 Å². The van der Waals surface area contributed by atoms with E-state index in [0.29, 0.717) is 21.6 Å². The lowest BCUT2D eigenvalue weighted by molar-refractivity contribution is -0.145. The first kappa shape index (κ1) is 18.1. The first-order valence-corrected chi connectivity index (χ1v) is 9.47. The van der Waals surface area contributed by atoms with Gasteiger partial charge in [0.1, 0.15) is 6.61 Å². The molecule has 1 aromatic carbocycles. The molecule has 0 bridgehead atoms. The number of rotatable bonds is 5. The highest BCUT2D eigenvalue weighted by molar-refractivity contribution is 7.15. The fourth-order valence-electron chi connectivity index (χ4n) is 2.90. The fourth-order valence-corrected chi connectivity index (χ4v) is 3.64. The number of hydrogen-bond donors (Lipinski definition) is 0. The molecule has 0 saturated carbocycles. The van der Waals surface area contributed by atoms with E-state index >= 15 is 0 Å². The van der Waals surface area contributed by atoms with Crippen LogP contribution in [0.4, 0.5) is 0 Å². The molecule has 3 heterocycles. The Hall–Kier alpha value is -3.33. The fraction of sp³-hybridized carbons (Fsp3) is 0.211. The van der Waals surface area contributed by atoms with Crippen molar-refractivity contribution in [1.82, 2.24) is 18.9 Å². The molecule has 0 radical (unpaired) electrons. The minimum Gasteiger partial charge on any atom is -0.459 e. The molecule has 0 amide bonds. The summed E-state index contributed by atoms with van der Waals surface area (Å²) in [4.78, 5) is 45.7. The molecule has 0 aliphatic rings. The monoisotopic (exact) mass is 396 g/mol. The number of hydrogen-bond acceptors (Lipinski definition) is 7. The van der Waals surface area contributed by atoms with Gasteiger partial charge in [0.05, 0.1) is 29.3 Å². The standard InChI is InChI=1S/C19H16N4O4S/c1-12-3-2-4-14-17(12)20-11-22(18(14)26)6-5-16(25)27-10-13-9-15(24)23-7-8-28-19(23)21-13/h2-4,7-9,11H,5-6,10H2,1H3. The average Bonchev–Trinajstić information content (AvgIpc) is 3.16. The van der Waals surface area contributed by atoms with E-state index in [9.17, 15) is 14.4 Å². The van der Waals surface area contributed by atoms with Crippen molar-refractivity contribution in [2.75, 3.05) is 0 Å². The molecular formula is C19H16N4O4S. The quantitative estimate of drug-likeness (QED) is 0.478. The van der Waals surface area contributed by atoms with E-state index in [-0.39, 0.29) is 30.7 Å². The lowest BCUT2D eigenvalue weighted by Crippen LogP contribution is -2.22. The summed E-state index contributed by atoms with van der Waals surface area (Å²) < 4.78 is 8.02. The second kappa shape index (κ2) is 7.35. The van der Waals surface area contributed by atoms with Crippen molar-refractivity contribution in [2.24, 2.45) is 0 Å². The molecule has 9 heteroatoms. The summed E-state index contributed by atoms with van der Waals surface area (Å²) in [6.07, 6.45) is 3.10. The SMILES string of the molecule is Cc1cccc2c(=O)n(CCC(=O)OCc3cc(=O)n4ccsc4n3)cnc12. The minimum atomic E-state index is -0.482. The van der Waals surface area contributed by atoms with Gasteiger partial charge in [0.2, 0.25) is 0 Å². The molecular weight excluding hydrogens is 380 g/mol. The van der Waals surface area contributed by atoms with E-state index in [0.717, 1.165) is 5.56 Å². The maximum Gasteiger partial charge on any atom is 0.307 e. The molecule has 28 heavy (non-hydrogen) atoms. The zero-order valence-corrected chi connectivity index (χ0v) is 15.8. The van der Waals surface area contributed by atoms with Crippen molar-refractivity contribution in [2.45, 2.75) is 26.5 Å². The Morgan fingerprint density at radius 2 is 2.14 bits per heavy atom. The van der Waals surface area contributed by atoms with Gasteiger partial charge in [-0.15, -0.1) is 11.3 Å². The van der Waals surface area contributed by atoms with E-state index in [4.69, 9.17) is 4.74 Å². The topological polar surface area (TPSA) is 95.6 Å². The van der Waals surface area contributed by atoms with Crippen molar-refractivity contribution >= 4 is 33.2 Å². The number of esters is 1. The third-order valence-corrected chi connectivity index (χ3v) is 5.11. The van der Waals surface area contributed by atoms with Crippen molar-refractivity contribution < 1.29 is 9.53 Å². The van der Waals surface area contributed by atoms with Crippen LogP contribution in [-0.2, 0) is 22.7 Å². The van der Waals surface area contributed by atoms with Crippen LogP contribution in [0.15, 0.2) is 51.8 Å². The number of aromatic nitrogens is 4. The highest BCUT2D eigenvalue weighted by Gasteiger charge is 2.10. The number of fused-ring (bicyclic) bond motifs is 2. The van der Waals surface area contributed by atoms with E-state index in [1.165, 1.54) is 32.7 Å². The van der Waals surface area contributed by atoms with Crippen LogP contribution < -0.4 is 11.1 Å². The summed E-state index contributed by atoms with van der Waals surface area (Å²) in [5.74, 6) is -0.482. The maximum absolute atomic E-state index is 12.5. The van der Waals surface area contributed by atoms with Crippen LogP contribution in [0.2, 0.25) is 0 Å². The van der Waals surface area contributed by atoms with Gasteiger partial charge >= 0.3 is 5.97 Å². The summed E-state index contributed by atoms with van der Waals surface area (Å²) in [6.45, 7) is 1.96. The molecule has 0 spiro atoms. The van der Waals surface area contributed by atoms with Gasteiger partial charge in [-0.25, -0.2) is 9.97 Å². The van der Waals surface area contributed by atoms with Gasteiger partial charge in [0.15, 0.2) is 4.96 Å². The molecule has 0 saturated heterocycles. The van der Waals surface area contributed by atoms with Gasteiger partial charge in [0, 0.05) is 24.2 Å². The first-order valence-electron chi connectivity index (χ1n) is 8.59. The second-order valence-electron chi connectivity index (χ2n) is 6.27. The normalized spacial score (nSPS) is 11.2. The lowest BCUT2D eigenvalue weighted by Gasteiger charge is -2.08. The van der Waals surface area contributed by atoms with E-state index in [1.54, 1.807) is 23.7 Å². The zero-order valence-electron chi connectivity index (χ0n) is 15.0. The predicted octanol–water partition coefficient (Wildman–Crippen LogP) is 1.91. The number of carbonyl (C=O) groups is 1. The molecule has 3 aromatic heterocycles. The highest BCUT2D eigenvalue weighted by Crippen LogP contribution is 2.11. The first-order chi connectivity index (χ1) is 13.5. The van der Waals surface area contributed by atoms with Gasteiger partial charge < -0.3 is 4.74 Å². The third-order valence-electron chi connectivity index (χ3n) is 4.35. The Morgan fingerprint density at radius 1 is 1.29 bits per heavy atom. The Kier molecular flexibility index (Phi) is 4.74. The van der Waals surface area contributed by atoms with Crippen LogP contribution in [0.25, 0.3) is 15.9 Å². The molecule has 4 aromatic rings. The van der Waals surface area contributed by atoms with Crippen LogP contribution in [0, 0.1) is 6.92 Å². The number of ether oxygens (including phenoxy) is 1. The molecule has 8 nitrogen and oxygen atoms in total. The summed E-state index contributed by atoms with van der Waals surface area (Å²) in [5.41, 5.74) is 1.56. The maximum atomic E-state index is 12.5. The highest BCUT2D eigenvalue weighted by atomic mass is 32.1. The van der Waals surface area contributed by atoms with Crippen LogP contribution in [0.3, 0.4) is 0 Å². The minimum absolute atomic E-state index is 0.0130. The average molecular weight is 396 g/mol. The largest absolute Gasteiger partial charge is 0.459 e. The number of benzene rings is 1. The van der Waals surface area contributed by atoms with Crippen molar-refractivity contribution in [1.29, 1.82) is 0 Å². The predicted molar refractivity (Wildman–Crippen MR) is 104 cm³/mol. The van der Waals surface area contributed by atoms with Crippen molar-refractivity contribution in [3.63, 3.8) is 0 Å². The van der Waals surface area contributed by atoms with Gasteiger partial charge in [-0.05, 0) is 18.6 Å². The second-order valence-corrected chi connectivity index (χ2v) is 7.14. The summed E-state index contributed by atoms with van der Waals surface area (Å²) in [6, 6.07) is 6.76. The van der Waals surface area contributed by atoms with Gasteiger partial charge in [-0.2, -0.15) is 0 Å².